The topological polar surface area (TPSA) is 67.4 Å². The Hall–Kier alpha value is -2.79. The first-order valence-electron chi connectivity index (χ1n) is 8.53. The molecule has 0 bridgehead atoms. The Balaban J connectivity index is 0.000000379. The second-order valence-electron chi connectivity index (χ2n) is 6.99. The zero-order valence-corrected chi connectivity index (χ0v) is 19.8. The molecule has 0 aliphatic heterocycles. The number of carboxylic acid groups (broad SMARTS) is 1. The van der Waals surface area contributed by atoms with Gasteiger partial charge in [0.1, 0.15) is 5.69 Å². The number of hydrogen-bond donors (Lipinski definition) is 1. The van der Waals surface area contributed by atoms with E-state index in [2.05, 4.69) is 40.5 Å². The third kappa shape index (κ3) is 6.36. The summed E-state index contributed by atoms with van der Waals surface area (Å²) in [7, 11) is -1.56. The minimum absolute atomic E-state index is 0. The summed E-state index contributed by atoms with van der Waals surface area (Å²) in [5.41, 5.74) is -0.110. The molecule has 0 atom stereocenters. The van der Waals surface area contributed by atoms with E-state index in [4.69, 9.17) is 11.7 Å². The number of hydrogen-bond acceptors (Lipinski definition) is 3. The second-order valence-corrected chi connectivity index (χ2v) is 12.1. The summed E-state index contributed by atoms with van der Waals surface area (Å²) in [6.45, 7) is 13.3. The van der Waals surface area contributed by atoms with Crippen molar-refractivity contribution in [2.45, 2.75) is 19.6 Å². The van der Waals surface area contributed by atoms with Gasteiger partial charge in [-0.3, -0.25) is 13.6 Å². The Morgan fingerprint density at radius 1 is 1.17 bits per heavy atom. The smallest absolute Gasteiger partial charge is 0.354 e. The van der Waals surface area contributed by atoms with E-state index in [0.29, 0.717) is 5.69 Å². The van der Waals surface area contributed by atoms with E-state index in [1.807, 2.05) is 6.07 Å². The molecule has 30 heavy (non-hydrogen) atoms. The number of benzene rings is 1. The van der Waals surface area contributed by atoms with Crippen molar-refractivity contribution >= 4 is 24.9 Å². The molecular formula is C21H18F2IrN3O2Si-. The summed E-state index contributed by atoms with van der Waals surface area (Å²) in [4.78, 5) is 20.7. The average Bonchev–Trinajstić information content (AvgIpc) is 2.69. The molecule has 0 unspecified atom stereocenters. The summed E-state index contributed by atoms with van der Waals surface area (Å²) in [6, 6.07) is 12.0. The third-order valence-electron chi connectivity index (χ3n) is 3.87. The molecule has 9 heteroatoms. The minimum atomic E-state index is -1.56. The van der Waals surface area contributed by atoms with Crippen molar-refractivity contribution in [2.75, 3.05) is 0 Å². The molecule has 1 radical (unpaired) electrons. The molecule has 3 aromatic rings. The first-order valence-corrected chi connectivity index (χ1v) is 12.0. The van der Waals surface area contributed by atoms with Crippen LogP contribution in [0.4, 0.5) is 14.5 Å². The fourth-order valence-electron chi connectivity index (χ4n) is 2.30. The molecule has 3 rings (SSSR count). The first-order chi connectivity index (χ1) is 13.6. The van der Waals surface area contributed by atoms with Crippen LogP contribution in [0.1, 0.15) is 10.5 Å². The van der Waals surface area contributed by atoms with Gasteiger partial charge in [0.25, 0.3) is 0 Å². The molecule has 0 amide bonds. The summed E-state index contributed by atoms with van der Waals surface area (Å²) in [5.74, 6) is -2.79. The zero-order valence-electron chi connectivity index (χ0n) is 16.4. The maximum Gasteiger partial charge on any atom is 0.354 e. The van der Waals surface area contributed by atoms with Gasteiger partial charge in [0.2, 0.25) is 0 Å². The van der Waals surface area contributed by atoms with Gasteiger partial charge in [0, 0.05) is 44.1 Å². The fourth-order valence-corrected chi connectivity index (χ4v) is 3.45. The first kappa shape index (κ1) is 25.2. The van der Waals surface area contributed by atoms with Crippen molar-refractivity contribution in [1.29, 1.82) is 0 Å². The van der Waals surface area contributed by atoms with Crippen molar-refractivity contribution in [3.8, 4) is 11.3 Å². The fraction of sp³-hybridized carbons (Fsp3) is 0.143. The van der Waals surface area contributed by atoms with Crippen LogP contribution in [0.2, 0.25) is 19.6 Å². The molecule has 0 saturated carbocycles. The largest absolute Gasteiger partial charge is 0.477 e. The number of pyridine rings is 2. The van der Waals surface area contributed by atoms with Gasteiger partial charge >= 0.3 is 5.97 Å². The van der Waals surface area contributed by atoms with Gasteiger partial charge in [-0.25, -0.2) is 9.78 Å². The van der Waals surface area contributed by atoms with Gasteiger partial charge in [-0.1, -0.05) is 37.0 Å². The molecule has 0 aliphatic rings. The van der Waals surface area contributed by atoms with E-state index in [-0.39, 0.29) is 31.4 Å². The zero-order chi connectivity index (χ0) is 21.6. The Labute approximate surface area is 188 Å². The third-order valence-corrected chi connectivity index (χ3v) is 5.92. The van der Waals surface area contributed by atoms with Gasteiger partial charge in [0.05, 0.1) is 14.6 Å². The maximum absolute atomic E-state index is 14.1. The van der Waals surface area contributed by atoms with Gasteiger partial charge < -0.3 is 10.1 Å². The molecule has 2 heterocycles. The van der Waals surface area contributed by atoms with Crippen LogP contribution in [-0.4, -0.2) is 29.1 Å². The number of carbonyl (C=O) groups is 1. The van der Waals surface area contributed by atoms with Crippen molar-refractivity contribution in [3.63, 3.8) is 0 Å². The van der Waals surface area contributed by atoms with E-state index in [0.717, 1.165) is 11.3 Å². The summed E-state index contributed by atoms with van der Waals surface area (Å²) >= 11 is 0. The number of rotatable bonds is 3. The molecule has 0 saturated heterocycles. The van der Waals surface area contributed by atoms with Crippen molar-refractivity contribution in [3.05, 3.63) is 83.6 Å². The predicted octanol–water partition coefficient (Wildman–Crippen LogP) is 4.70. The molecular weight excluding hydrogens is 585 g/mol. The SMILES string of the molecule is O=C(O)c1ccccn1.[C-]#[N+]c1c(F)c[c-]c(-c2cc([Si](C)(C)C)ccn2)c1F.[Ir]. The Morgan fingerprint density at radius 2 is 1.87 bits per heavy atom. The monoisotopic (exact) mass is 603 g/mol. The average molecular weight is 603 g/mol. The number of aromatic carboxylic acids is 1. The van der Waals surface area contributed by atoms with Gasteiger partial charge in [-0.15, -0.1) is 17.7 Å². The van der Waals surface area contributed by atoms with Gasteiger partial charge in [-0.2, -0.15) is 0 Å². The summed E-state index contributed by atoms with van der Waals surface area (Å²) < 4.78 is 27.5. The van der Waals surface area contributed by atoms with Crippen LogP contribution in [0, 0.1) is 24.3 Å². The van der Waals surface area contributed by atoms with Crippen LogP contribution in [0.5, 0.6) is 0 Å². The standard InChI is InChI=1S/C15H13F2N2Si.C6H5NO2.Ir/c1-18-15-12(16)6-5-11(14(15)17)13-9-10(7-8-19-13)20(2,3)4;8-6(9)5-3-1-2-4-7-5;/h6-9H,2-4H3;1-4H,(H,8,9);/q-1;;. The Kier molecular flexibility index (Phi) is 9.11. The minimum Gasteiger partial charge on any atom is -0.477 e. The van der Waals surface area contributed by atoms with Crippen molar-refractivity contribution < 1.29 is 38.8 Å². The molecule has 0 spiro atoms. The summed E-state index contributed by atoms with van der Waals surface area (Å²) in [5, 5.41) is 9.44. The van der Waals surface area contributed by atoms with E-state index in [9.17, 15) is 13.6 Å². The van der Waals surface area contributed by atoms with E-state index >= 15 is 0 Å². The Bertz CT molecular complexity index is 1070. The van der Waals surface area contributed by atoms with Crippen molar-refractivity contribution in [2.24, 2.45) is 0 Å². The second kappa shape index (κ2) is 10.8. The normalized spacial score (nSPS) is 10.1. The van der Waals surface area contributed by atoms with E-state index < -0.39 is 31.4 Å². The van der Waals surface area contributed by atoms with Crippen LogP contribution >= 0.6 is 0 Å². The molecule has 0 fully saturated rings. The molecule has 2 aromatic heterocycles. The van der Waals surface area contributed by atoms with E-state index in [1.54, 1.807) is 24.4 Å². The quantitative estimate of drug-likeness (QED) is 0.349. The van der Waals surface area contributed by atoms with Gasteiger partial charge in [0.15, 0.2) is 5.69 Å². The molecule has 0 aliphatic carbocycles. The summed E-state index contributed by atoms with van der Waals surface area (Å²) in [6.07, 6.45) is 3.06. The molecule has 157 valence electrons. The number of nitrogens with zero attached hydrogens (tertiary/aromatic N) is 3. The van der Waals surface area contributed by atoms with Crippen LogP contribution < -0.4 is 5.19 Å². The van der Waals surface area contributed by atoms with Crippen LogP contribution in [0.25, 0.3) is 16.1 Å². The van der Waals surface area contributed by atoms with Crippen LogP contribution in [0.15, 0.2) is 48.8 Å². The molecule has 5 nitrogen and oxygen atoms in total. The predicted molar refractivity (Wildman–Crippen MR) is 109 cm³/mol. The molecule has 1 N–H and O–H groups in total. The number of aromatic nitrogens is 2. The van der Waals surface area contributed by atoms with Crippen LogP contribution in [-0.2, 0) is 20.1 Å². The Morgan fingerprint density at radius 3 is 2.37 bits per heavy atom. The van der Waals surface area contributed by atoms with Gasteiger partial charge in [-0.05, 0) is 23.9 Å². The number of carboxylic acids is 1. The molecule has 1 aromatic carbocycles. The van der Waals surface area contributed by atoms with E-state index in [1.165, 1.54) is 12.3 Å². The maximum atomic E-state index is 14.1. The number of halogens is 2. The van der Waals surface area contributed by atoms with Crippen LogP contribution in [0.3, 0.4) is 0 Å². The van der Waals surface area contributed by atoms with Crippen molar-refractivity contribution in [1.82, 2.24) is 9.97 Å².